The predicted octanol–water partition coefficient (Wildman–Crippen LogP) is 3.48. The number of aromatic hydroxyl groups is 2. The summed E-state index contributed by atoms with van der Waals surface area (Å²) in [4.78, 5) is 247. The normalized spacial score (nSPS) is 23.8. The molecule has 35 nitrogen and oxygen atoms in total. The SMILES string of the molecule is CCCC[C@H]1C(=O)N[C@@H](Cc2ccc(O)cc2)C(=O)N2CCC[C@@H]2C(=O)N[C@@H](Cc2c[nH]c3ccccc23)C(=O)N[C@@H](Cc2ccc(O)cc2)C(=O)N[C@@H](CC(C)C)C(=O)N[C@H](C(=O)NCC(N)=O)CSCC(=O)N[C@@H](Cc2ccc(F)cc2)C(=O)N(C)[C@@H](Cc2ccccc2)C(=O)N(C)[C@@H](CCCC)C(=O)N2CCC[C@@H]2C(=O)N[C@@H](CC(=O)O)C(=O)N[C@@H](C(C)C)C(=O)N1C. The number of thioether (sulfide) groups is 1. The van der Waals surface area contributed by atoms with Gasteiger partial charge in [-0.2, -0.15) is 0 Å². The van der Waals surface area contributed by atoms with Gasteiger partial charge < -0.3 is 98.4 Å². The van der Waals surface area contributed by atoms with Gasteiger partial charge in [-0.05, 0) is 127 Å². The Bertz CT molecular complexity index is 5030. The second-order valence-electron chi connectivity index (χ2n) is 34.5. The summed E-state index contributed by atoms with van der Waals surface area (Å²) < 4.78 is 14.6. The van der Waals surface area contributed by atoms with E-state index in [0.29, 0.717) is 64.4 Å². The number of fused-ring (bicyclic) bond motifs is 3. The highest BCUT2D eigenvalue weighted by atomic mass is 32.2. The molecule has 1 aromatic heterocycles. The standard InChI is InChI=1S/C94H123FN16O19S/c1-10-12-25-73-87(123)104-71(46-59-33-39-63(113)40-34-59)91(127)110-41-19-27-74(110)88(124)102-68(48-60-50-97-65-24-18-17-23-64(60)65)85(121)101-67(44-58-31-37-62(112)38-32-58)84(120)100-66(43-54(3)4)83(119)105-72(82(118)98-51-78(96)114)52-131-53-79(115)99-70(45-57-29-35-61(95)36-30-57)90(126)109(9)77(47-56-21-15-14-16-22-56)92(128)108(8)76(26-13-11-2)93(129)111-42-20-28-75(111)89(125)103-69(49-80(116)117)86(122)106-81(55(5)6)94(130)107(73)7/h14-18,21-24,29-40,50,54-55,66-77,81,97,112-113H,10-13,19-20,25-28,41-49,51-53H2,1-9H3,(H2,96,114)(H,98,118)(H,99,115)(H,100,120)(H,101,121)(H,102,124)(H,103,125)(H,104,123)(H,105,119)(H,106,122)(H,116,117)/t66-,67-,68-,69-,70-,71-,72-,73-,74+,75+,76-,77-,81-/m0/s1. The van der Waals surface area contributed by atoms with E-state index in [2.05, 4.69) is 52.8 Å². The second-order valence-corrected chi connectivity index (χ2v) is 35.6. The van der Waals surface area contributed by atoms with Crippen LogP contribution in [-0.4, -0.2) is 270 Å². The lowest BCUT2D eigenvalue weighted by Crippen LogP contribution is -2.62. The number of hydrogen-bond acceptors (Lipinski definition) is 19. The van der Waals surface area contributed by atoms with Crippen molar-refractivity contribution in [1.29, 1.82) is 0 Å². The number of amides is 15. The fraction of sp³-hybridized carbons (Fsp3) is 0.489. The van der Waals surface area contributed by atoms with Gasteiger partial charge in [-0.3, -0.25) is 76.7 Å². The lowest BCUT2D eigenvalue weighted by atomic mass is 9.98. The Hall–Kier alpha value is -13.0. The molecular formula is C94H123FN16O19S. The van der Waals surface area contributed by atoms with Crippen LogP contribution in [0.5, 0.6) is 11.5 Å². The van der Waals surface area contributed by atoms with Gasteiger partial charge in [0.2, 0.25) is 88.6 Å². The molecule has 0 unspecified atom stereocenters. The number of carbonyl (C=O) groups excluding carboxylic acids is 15. The average molecular weight is 1830 g/mol. The largest absolute Gasteiger partial charge is 0.508 e. The van der Waals surface area contributed by atoms with E-state index in [9.17, 15) is 48.5 Å². The fourth-order valence-electron chi connectivity index (χ4n) is 16.6. The minimum Gasteiger partial charge on any atom is -0.508 e. The van der Waals surface area contributed by atoms with Crippen LogP contribution in [0.1, 0.15) is 146 Å². The molecule has 131 heavy (non-hydrogen) atoms. The maximum absolute atomic E-state index is 15.7. The van der Waals surface area contributed by atoms with Crippen molar-refractivity contribution < 1.29 is 96.4 Å². The zero-order valence-corrected chi connectivity index (χ0v) is 76.2. The summed E-state index contributed by atoms with van der Waals surface area (Å²) in [6, 6.07) is 12.8. The van der Waals surface area contributed by atoms with Crippen LogP contribution in [0, 0.1) is 17.7 Å². The summed E-state index contributed by atoms with van der Waals surface area (Å²) in [6.07, 6.45) is 1.58. The number of rotatable bonds is 24. The zero-order chi connectivity index (χ0) is 95.4. The summed E-state index contributed by atoms with van der Waals surface area (Å²) >= 11 is 0.795. The van der Waals surface area contributed by atoms with Gasteiger partial charge in [0.1, 0.15) is 95.9 Å². The quantitative estimate of drug-likeness (QED) is 0.0412. The monoisotopic (exact) mass is 1830 g/mol. The van der Waals surface area contributed by atoms with E-state index in [0.717, 1.165) is 33.7 Å². The molecule has 3 fully saturated rings. The maximum Gasteiger partial charge on any atom is 0.305 e. The van der Waals surface area contributed by atoms with Gasteiger partial charge in [-0.25, -0.2) is 4.39 Å². The highest BCUT2D eigenvalue weighted by molar-refractivity contribution is 8.00. The Kier molecular flexibility index (Phi) is 37.8. The highest BCUT2D eigenvalue weighted by Crippen LogP contribution is 2.29. The Balaban J connectivity index is 1.12. The number of phenolic OH excluding ortho intramolecular Hbond substituents is 2. The van der Waals surface area contributed by atoms with E-state index >= 15 is 47.9 Å². The maximum atomic E-state index is 15.7. The number of aromatic nitrogens is 1. The molecule has 4 heterocycles. The average Bonchev–Trinajstić information content (AvgIpc) is 1.69. The topological polar surface area (TPSA) is 500 Å². The zero-order valence-electron chi connectivity index (χ0n) is 75.4. The number of nitrogens with two attached hydrogens (primary N) is 1. The van der Waals surface area contributed by atoms with Gasteiger partial charge in [-0.1, -0.05) is 152 Å². The lowest BCUT2D eigenvalue weighted by molar-refractivity contribution is -0.152. The first-order chi connectivity index (χ1) is 62.4. The molecule has 0 saturated carbocycles. The molecule has 6 aromatic rings. The van der Waals surface area contributed by atoms with E-state index in [1.165, 1.54) is 96.5 Å². The number of aliphatic carboxylic acids is 1. The van der Waals surface area contributed by atoms with Crippen LogP contribution >= 0.6 is 11.8 Å². The third kappa shape index (κ3) is 28.8. The molecule has 3 saturated heterocycles. The van der Waals surface area contributed by atoms with Crippen molar-refractivity contribution in [3.8, 4) is 11.5 Å². The van der Waals surface area contributed by atoms with Crippen molar-refractivity contribution in [3.63, 3.8) is 0 Å². The number of halogens is 1. The molecule has 3 aliphatic rings. The van der Waals surface area contributed by atoms with Crippen LogP contribution in [0.25, 0.3) is 10.9 Å². The molecule has 0 radical (unpaired) electrons. The van der Waals surface area contributed by atoms with Crippen LogP contribution in [0.15, 0.2) is 134 Å². The first-order valence-electron chi connectivity index (χ1n) is 44.5. The third-order valence-corrected chi connectivity index (χ3v) is 24.9. The molecular weight excluding hydrogens is 1710 g/mol. The van der Waals surface area contributed by atoms with Gasteiger partial charge in [0.05, 0.1) is 18.7 Å². The van der Waals surface area contributed by atoms with Gasteiger partial charge in [-0.15, -0.1) is 11.8 Å². The van der Waals surface area contributed by atoms with E-state index in [1.54, 1.807) is 88.5 Å². The van der Waals surface area contributed by atoms with Crippen LogP contribution in [0.4, 0.5) is 4.39 Å². The van der Waals surface area contributed by atoms with Crippen LogP contribution < -0.4 is 53.6 Å². The number of likely N-dealkylation sites (N-methyl/N-ethyl adjacent to an activating group) is 3. The van der Waals surface area contributed by atoms with Gasteiger partial charge in [0.15, 0.2) is 0 Å². The number of carboxylic acids is 1. The van der Waals surface area contributed by atoms with E-state index in [4.69, 9.17) is 5.73 Å². The minimum atomic E-state index is -1.88. The summed E-state index contributed by atoms with van der Waals surface area (Å²) in [5.41, 5.74) is 8.43. The number of phenols is 2. The number of carboxylic acid groups (broad SMARTS) is 1. The molecule has 0 bridgehead atoms. The number of aromatic amines is 1. The molecule has 13 atom stereocenters. The highest BCUT2D eigenvalue weighted by Gasteiger charge is 2.46. The molecule has 706 valence electrons. The fourth-order valence-corrected chi connectivity index (χ4v) is 17.4. The molecule has 3 aliphatic heterocycles. The minimum absolute atomic E-state index is 0.00605. The molecule has 15 amide bonds. The number of hydrogen-bond donors (Lipinski definition) is 14. The van der Waals surface area contributed by atoms with Crippen molar-refractivity contribution in [1.82, 2.24) is 77.3 Å². The van der Waals surface area contributed by atoms with Crippen molar-refractivity contribution in [2.24, 2.45) is 17.6 Å². The molecule has 0 spiro atoms. The number of nitrogens with one attached hydrogen (secondary N) is 10. The number of primary amides is 1. The number of carbonyl (C=O) groups is 16. The predicted molar refractivity (Wildman–Crippen MR) is 486 cm³/mol. The van der Waals surface area contributed by atoms with E-state index in [-0.39, 0.29) is 108 Å². The van der Waals surface area contributed by atoms with Crippen LogP contribution in [0.3, 0.4) is 0 Å². The molecule has 9 rings (SSSR count). The van der Waals surface area contributed by atoms with Gasteiger partial charge in [0.25, 0.3) is 0 Å². The number of para-hydroxylation sites is 1. The first-order valence-corrected chi connectivity index (χ1v) is 45.7. The number of unbranched alkanes of at least 4 members (excludes halogenated alkanes) is 2. The van der Waals surface area contributed by atoms with Crippen molar-refractivity contribution in [2.45, 2.75) is 229 Å². The summed E-state index contributed by atoms with van der Waals surface area (Å²) in [6.45, 7) is 9.58. The molecule has 5 aromatic carbocycles. The Labute approximate surface area is 765 Å². The van der Waals surface area contributed by atoms with Gasteiger partial charge >= 0.3 is 5.97 Å². The molecule has 37 heteroatoms. The lowest BCUT2D eigenvalue weighted by Gasteiger charge is -2.38. The number of nitrogens with zero attached hydrogens (tertiary/aromatic N) is 5. The molecule has 0 aliphatic carbocycles. The Morgan fingerprint density at radius 2 is 0.969 bits per heavy atom. The van der Waals surface area contributed by atoms with Crippen molar-refractivity contribution in [2.75, 3.05) is 52.3 Å². The Morgan fingerprint density at radius 1 is 0.496 bits per heavy atom. The van der Waals surface area contributed by atoms with Crippen molar-refractivity contribution in [3.05, 3.63) is 167 Å². The van der Waals surface area contributed by atoms with Crippen molar-refractivity contribution >= 4 is 117 Å². The number of benzene rings is 5. The summed E-state index contributed by atoms with van der Waals surface area (Å²) in [7, 11) is 4.04. The van der Waals surface area contributed by atoms with E-state index < -0.39 is 209 Å². The van der Waals surface area contributed by atoms with Crippen LogP contribution in [-0.2, 0) is 109 Å². The third-order valence-electron chi connectivity index (χ3n) is 23.8. The van der Waals surface area contributed by atoms with Crippen LogP contribution in [0.2, 0.25) is 0 Å². The number of H-pyrrole nitrogens is 1. The van der Waals surface area contributed by atoms with Gasteiger partial charge in [0, 0.05) is 89.2 Å². The first kappa shape index (κ1) is 102. The second kappa shape index (κ2) is 48.6. The van der Waals surface area contributed by atoms with E-state index in [1.807, 2.05) is 13.8 Å². The smallest absolute Gasteiger partial charge is 0.305 e. The Morgan fingerprint density at radius 3 is 1.53 bits per heavy atom. The summed E-state index contributed by atoms with van der Waals surface area (Å²) in [5.74, 6) is -17.7. The molecule has 15 N–H and O–H groups in total. The summed E-state index contributed by atoms with van der Waals surface area (Å²) in [5, 5.41) is 56.2.